The molecule has 0 spiro atoms. The van der Waals surface area contributed by atoms with Crippen LogP contribution in [0.15, 0.2) is 26.6 Å². The van der Waals surface area contributed by atoms with Gasteiger partial charge in [0, 0.05) is 6.04 Å². The molecular weight excluding hydrogens is 356 g/mol. The van der Waals surface area contributed by atoms with E-state index in [0.29, 0.717) is 0 Å². The van der Waals surface area contributed by atoms with Crippen LogP contribution in [0.4, 0.5) is 17.1 Å². The third-order valence-electron chi connectivity index (χ3n) is 4.12. The SMILES string of the molecule is O=c1c(Nc2ccc(Cl)c(S(=O)[O-])c2O)c(NC2CCCC2)c1=O. The highest BCUT2D eigenvalue weighted by atomic mass is 35.5. The average molecular weight is 370 g/mol. The average Bonchev–Trinajstić information content (AvgIpc) is 3.05. The third-order valence-corrected chi connectivity index (χ3v) is 5.30. The van der Waals surface area contributed by atoms with Crippen LogP contribution in [0, 0.1) is 0 Å². The Morgan fingerprint density at radius 3 is 2.42 bits per heavy atom. The lowest BCUT2D eigenvalue weighted by Gasteiger charge is -2.20. The number of aromatic hydroxyl groups is 1. The molecule has 2 aromatic rings. The van der Waals surface area contributed by atoms with Crippen molar-refractivity contribution >= 4 is 39.7 Å². The number of phenolic OH excluding ortho intramolecular Hbond substituents is 1. The number of benzene rings is 1. The summed E-state index contributed by atoms with van der Waals surface area (Å²) in [5.74, 6) is -0.601. The predicted molar refractivity (Wildman–Crippen MR) is 90.8 cm³/mol. The quantitative estimate of drug-likeness (QED) is 0.419. The molecule has 0 heterocycles. The zero-order valence-electron chi connectivity index (χ0n) is 12.4. The number of halogens is 1. The van der Waals surface area contributed by atoms with E-state index in [-0.39, 0.29) is 28.1 Å². The molecule has 1 aliphatic rings. The normalized spacial score (nSPS) is 16.4. The fraction of sp³-hybridized carbons (Fsp3) is 0.333. The Morgan fingerprint density at radius 2 is 1.79 bits per heavy atom. The van der Waals surface area contributed by atoms with Gasteiger partial charge in [-0.2, -0.15) is 0 Å². The van der Waals surface area contributed by atoms with Crippen molar-refractivity contribution in [3.63, 3.8) is 0 Å². The lowest BCUT2D eigenvalue weighted by atomic mass is 10.1. The van der Waals surface area contributed by atoms with Gasteiger partial charge in [-0.1, -0.05) is 24.4 Å². The van der Waals surface area contributed by atoms with Gasteiger partial charge in [0.2, 0.25) is 0 Å². The molecule has 1 aliphatic carbocycles. The Balaban J connectivity index is 1.91. The Hall–Kier alpha value is -1.90. The fourth-order valence-corrected chi connectivity index (χ4v) is 3.70. The number of phenols is 1. The molecule has 0 aliphatic heterocycles. The van der Waals surface area contributed by atoms with Crippen LogP contribution in [-0.2, 0) is 11.1 Å². The predicted octanol–water partition coefficient (Wildman–Crippen LogP) is 1.98. The highest BCUT2D eigenvalue weighted by Crippen LogP contribution is 2.37. The molecule has 9 heteroatoms. The summed E-state index contributed by atoms with van der Waals surface area (Å²) in [5, 5.41) is 15.6. The molecule has 1 unspecified atom stereocenters. The molecule has 0 radical (unpaired) electrons. The largest absolute Gasteiger partial charge is 0.768 e. The molecule has 3 rings (SSSR count). The van der Waals surface area contributed by atoms with Crippen molar-refractivity contribution in [2.45, 2.75) is 36.6 Å². The van der Waals surface area contributed by atoms with Crippen LogP contribution in [-0.4, -0.2) is 19.9 Å². The van der Waals surface area contributed by atoms with Gasteiger partial charge in [-0.25, -0.2) is 0 Å². The Morgan fingerprint density at radius 1 is 1.17 bits per heavy atom. The standard InChI is InChI=1S/C15H15ClN2O5S/c16-8-5-6-9(12(19)15(8)24(22)23)18-11-10(13(20)14(11)21)17-7-3-1-2-4-7/h5-7,17-19H,1-4H2,(H,22,23)/p-1. The maximum Gasteiger partial charge on any atom is 0.253 e. The first-order valence-corrected chi connectivity index (χ1v) is 8.83. The summed E-state index contributed by atoms with van der Waals surface area (Å²) in [7, 11) is 0. The highest BCUT2D eigenvalue weighted by molar-refractivity contribution is 7.79. The first kappa shape index (κ1) is 16.9. The van der Waals surface area contributed by atoms with Gasteiger partial charge in [0.05, 0.1) is 15.6 Å². The van der Waals surface area contributed by atoms with Crippen molar-refractivity contribution < 1.29 is 13.9 Å². The van der Waals surface area contributed by atoms with E-state index in [2.05, 4.69) is 10.6 Å². The van der Waals surface area contributed by atoms with Gasteiger partial charge in [-0.3, -0.25) is 13.8 Å². The summed E-state index contributed by atoms with van der Waals surface area (Å²) in [5.41, 5.74) is -1.15. The van der Waals surface area contributed by atoms with Crippen molar-refractivity contribution in [1.82, 2.24) is 0 Å². The van der Waals surface area contributed by atoms with Crippen LogP contribution in [0.5, 0.6) is 5.75 Å². The summed E-state index contributed by atoms with van der Waals surface area (Å²) in [6, 6.07) is 2.76. The third kappa shape index (κ3) is 2.92. The molecule has 24 heavy (non-hydrogen) atoms. The number of rotatable bonds is 5. The van der Waals surface area contributed by atoms with Crippen molar-refractivity contribution in [3.8, 4) is 5.75 Å². The van der Waals surface area contributed by atoms with Gasteiger partial charge >= 0.3 is 0 Å². The Kier molecular flexibility index (Phi) is 4.62. The first-order chi connectivity index (χ1) is 11.4. The minimum Gasteiger partial charge on any atom is -0.768 e. The topological polar surface area (TPSA) is 119 Å². The van der Waals surface area contributed by atoms with E-state index in [0.717, 1.165) is 25.7 Å². The molecule has 3 N–H and O–H groups in total. The molecule has 128 valence electrons. The second kappa shape index (κ2) is 6.54. The van der Waals surface area contributed by atoms with Crippen molar-refractivity contribution in [2.24, 2.45) is 0 Å². The summed E-state index contributed by atoms with van der Waals surface area (Å²) in [6.07, 6.45) is 3.96. The van der Waals surface area contributed by atoms with Crippen LogP contribution in [0.25, 0.3) is 0 Å². The van der Waals surface area contributed by atoms with Crippen LogP contribution in [0.1, 0.15) is 25.7 Å². The Bertz CT molecular complexity index is 885. The van der Waals surface area contributed by atoms with Gasteiger partial charge in [-0.05, 0) is 36.1 Å². The molecule has 1 fully saturated rings. The summed E-state index contributed by atoms with van der Waals surface area (Å²) < 4.78 is 22.3. The van der Waals surface area contributed by atoms with E-state index >= 15 is 0 Å². The second-order valence-corrected chi connectivity index (χ2v) is 6.95. The van der Waals surface area contributed by atoms with Gasteiger partial charge < -0.3 is 20.3 Å². The molecule has 1 saturated carbocycles. The van der Waals surface area contributed by atoms with E-state index in [1.54, 1.807) is 0 Å². The zero-order valence-corrected chi connectivity index (χ0v) is 14.0. The van der Waals surface area contributed by atoms with Crippen LogP contribution in [0.2, 0.25) is 5.02 Å². The van der Waals surface area contributed by atoms with Crippen molar-refractivity contribution in [2.75, 3.05) is 10.6 Å². The van der Waals surface area contributed by atoms with E-state index in [1.807, 2.05) is 0 Å². The zero-order chi connectivity index (χ0) is 17.4. The minimum atomic E-state index is -2.74. The van der Waals surface area contributed by atoms with Crippen molar-refractivity contribution in [1.29, 1.82) is 0 Å². The molecule has 0 saturated heterocycles. The van der Waals surface area contributed by atoms with Crippen LogP contribution in [0.3, 0.4) is 0 Å². The Labute approximate surface area is 144 Å². The van der Waals surface area contributed by atoms with Gasteiger partial charge in [0.25, 0.3) is 10.9 Å². The molecule has 0 amide bonds. The smallest absolute Gasteiger partial charge is 0.253 e. The molecule has 7 nitrogen and oxygen atoms in total. The van der Waals surface area contributed by atoms with Crippen LogP contribution >= 0.6 is 11.6 Å². The fourth-order valence-electron chi connectivity index (χ4n) is 2.86. The molecule has 1 atom stereocenters. The first-order valence-electron chi connectivity index (χ1n) is 7.37. The summed E-state index contributed by atoms with van der Waals surface area (Å²) in [4.78, 5) is 23.1. The van der Waals surface area contributed by atoms with E-state index < -0.39 is 32.6 Å². The molecule has 0 aromatic heterocycles. The maximum absolute atomic E-state index is 11.8. The lowest BCUT2D eigenvalue weighted by molar-refractivity contribution is 0.457. The van der Waals surface area contributed by atoms with E-state index in [9.17, 15) is 23.5 Å². The second-order valence-electron chi connectivity index (χ2n) is 5.67. The molecule has 2 aromatic carbocycles. The van der Waals surface area contributed by atoms with Crippen molar-refractivity contribution in [3.05, 3.63) is 37.6 Å². The van der Waals surface area contributed by atoms with Gasteiger partial charge in [0.1, 0.15) is 11.4 Å². The number of anilines is 3. The van der Waals surface area contributed by atoms with E-state index in [4.69, 9.17) is 11.6 Å². The molecular formula is C15H14ClN2O5S-. The summed E-state index contributed by atoms with van der Waals surface area (Å²) >= 11 is 3.00. The maximum atomic E-state index is 11.8. The monoisotopic (exact) mass is 369 g/mol. The van der Waals surface area contributed by atoms with Gasteiger partial charge in [-0.15, -0.1) is 0 Å². The van der Waals surface area contributed by atoms with Crippen LogP contribution < -0.4 is 21.5 Å². The van der Waals surface area contributed by atoms with Gasteiger partial charge in [0.15, 0.2) is 5.75 Å². The minimum absolute atomic E-state index is 0.0137. The molecule has 0 bridgehead atoms. The number of hydrogen-bond donors (Lipinski definition) is 3. The summed E-state index contributed by atoms with van der Waals surface area (Å²) in [6.45, 7) is 0. The number of hydrogen-bond acceptors (Lipinski definition) is 7. The van der Waals surface area contributed by atoms with E-state index in [1.165, 1.54) is 12.1 Å². The highest BCUT2D eigenvalue weighted by Gasteiger charge is 2.26. The number of nitrogens with one attached hydrogen (secondary N) is 2. The lowest BCUT2D eigenvalue weighted by Crippen LogP contribution is -2.38.